The standard InChI is InChI=1S/C8H7ClINO/c1-4-6(10)3-2-5(9)7(4)8(11)12/h2-3H,1H3,(H2,11,12). The van der Waals surface area contributed by atoms with Crippen LogP contribution < -0.4 is 5.73 Å². The SMILES string of the molecule is Cc1c(I)ccc(Cl)c1C(N)=O. The molecule has 12 heavy (non-hydrogen) atoms. The molecule has 2 N–H and O–H groups in total. The van der Waals surface area contributed by atoms with Crippen LogP contribution in [0.15, 0.2) is 12.1 Å². The number of rotatable bonds is 1. The Bertz CT molecular complexity index is 338. The van der Waals surface area contributed by atoms with Crippen molar-refractivity contribution >= 4 is 40.1 Å². The Kier molecular flexibility index (Phi) is 2.95. The van der Waals surface area contributed by atoms with Gasteiger partial charge in [0.1, 0.15) is 0 Å². The van der Waals surface area contributed by atoms with Gasteiger partial charge in [-0.3, -0.25) is 4.79 Å². The van der Waals surface area contributed by atoms with Crippen LogP contribution in [0.1, 0.15) is 15.9 Å². The Balaban J connectivity index is 3.43. The van der Waals surface area contributed by atoms with Gasteiger partial charge in [0.05, 0.1) is 10.6 Å². The van der Waals surface area contributed by atoms with Crippen molar-refractivity contribution in [3.63, 3.8) is 0 Å². The van der Waals surface area contributed by atoms with Crippen molar-refractivity contribution in [3.8, 4) is 0 Å². The minimum absolute atomic E-state index is 0.417. The fourth-order valence-electron chi connectivity index (χ4n) is 0.956. The number of hydrogen-bond acceptors (Lipinski definition) is 1. The highest BCUT2D eigenvalue weighted by atomic mass is 127. The molecule has 1 aromatic carbocycles. The van der Waals surface area contributed by atoms with Crippen molar-refractivity contribution in [1.29, 1.82) is 0 Å². The summed E-state index contributed by atoms with van der Waals surface area (Å²) in [4.78, 5) is 10.9. The fourth-order valence-corrected chi connectivity index (χ4v) is 1.70. The monoisotopic (exact) mass is 295 g/mol. The fraction of sp³-hybridized carbons (Fsp3) is 0.125. The van der Waals surface area contributed by atoms with Crippen molar-refractivity contribution in [2.75, 3.05) is 0 Å². The van der Waals surface area contributed by atoms with E-state index in [-0.39, 0.29) is 0 Å². The summed E-state index contributed by atoms with van der Waals surface area (Å²) in [5, 5.41) is 0.417. The molecule has 64 valence electrons. The Morgan fingerprint density at radius 2 is 2.17 bits per heavy atom. The summed E-state index contributed by atoms with van der Waals surface area (Å²) in [6.45, 7) is 1.83. The van der Waals surface area contributed by atoms with Crippen molar-refractivity contribution in [1.82, 2.24) is 0 Å². The predicted octanol–water partition coefficient (Wildman–Crippen LogP) is 2.35. The van der Waals surface area contributed by atoms with E-state index in [1.807, 2.05) is 13.0 Å². The number of benzene rings is 1. The van der Waals surface area contributed by atoms with Crippen LogP contribution in [0.25, 0.3) is 0 Å². The molecule has 1 rings (SSSR count). The highest BCUT2D eigenvalue weighted by Gasteiger charge is 2.11. The first-order valence-corrected chi connectivity index (χ1v) is 4.74. The molecule has 1 aromatic rings. The molecule has 1 amide bonds. The summed E-state index contributed by atoms with van der Waals surface area (Å²) in [6.07, 6.45) is 0. The highest BCUT2D eigenvalue weighted by molar-refractivity contribution is 14.1. The minimum Gasteiger partial charge on any atom is -0.366 e. The Hall–Kier alpha value is -0.290. The second-order valence-corrected chi connectivity index (χ2v) is 3.96. The minimum atomic E-state index is -0.476. The van der Waals surface area contributed by atoms with Crippen molar-refractivity contribution < 1.29 is 4.79 Å². The summed E-state index contributed by atoms with van der Waals surface area (Å²) >= 11 is 7.93. The van der Waals surface area contributed by atoms with Gasteiger partial charge in [0.25, 0.3) is 5.91 Å². The number of carbonyl (C=O) groups excluding carboxylic acids is 1. The topological polar surface area (TPSA) is 43.1 Å². The number of amides is 1. The molecule has 0 aromatic heterocycles. The molecular formula is C8H7ClINO. The van der Waals surface area contributed by atoms with Crippen LogP contribution >= 0.6 is 34.2 Å². The van der Waals surface area contributed by atoms with Crippen molar-refractivity contribution in [2.45, 2.75) is 6.92 Å². The van der Waals surface area contributed by atoms with Gasteiger partial charge in [-0.2, -0.15) is 0 Å². The normalized spacial score (nSPS) is 9.92. The van der Waals surface area contributed by atoms with Crippen LogP contribution in [0, 0.1) is 10.5 Å². The van der Waals surface area contributed by atoms with Crippen molar-refractivity contribution in [3.05, 3.63) is 31.9 Å². The van der Waals surface area contributed by atoms with E-state index in [9.17, 15) is 4.79 Å². The average molecular weight is 296 g/mol. The molecule has 0 aliphatic rings. The largest absolute Gasteiger partial charge is 0.366 e. The van der Waals surface area contributed by atoms with E-state index in [4.69, 9.17) is 17.3 Å². The lowest BCUT2D eigenvalue weighted by Gasteiger charge is -2.05. The third kappa shape index (κ3) is 1.72. The van der Waals surface area contributed by atoms with Crippen LogP contribution in [0.5, 0.6) is 0 Å². The van der Waals surface area contributed by atoms with Crippen LogP contribution in [0.3, 0.4) is 0 Å². The summed E-state index contributed by atoms with van der Waals surface area (Å²) in [5.41, 5.74) is 6.42. The third-order valence-corrected chi connectivity index (χ3v) is 3.08. The Morgan fingerprint density at radius 3 is 2.58 bits per heavy atom. The third-order valence-electron chi connectivity index (χ3n) is 1.59. The Labute approximate surface area is 89.2 Å². The molecule has 0 aliphatic carbocycles. The lowest BCUT2D eigenvalue weighted by atomic mass is 10.1. The lowest BCUT2D eigenvalue weighted by molar-refractivity contribution is 0.1000. The summed E-state index contributed by atoms with van der Waals surface area (Å²) in [5.74, 6) is -0.476. The zero-order valence-corrected chi connectivity index (χ0v) is 9.31. The summed E-state index contributed by atoms with van der Waals surface area (Å²) in [7, 11) is 0. The van der Waals surface area contributed by atoms with Gasteiger partial charge in [-0.15, -0.1) is 0 Å². The molecule has 0 unspecified atom stereocenters. The van der Waals surface area contributed by atoms with E-state index in [2.05, 4.69) is 22.6 Å². The van der Waals surface area contributed by atoms with Crippen LogP contribution in [0.2, 0.25) is 5.02 Å². The van der Waals surface area contributed by atoms with Gasteiger partial charge in [-0.1, -0.05) is 11.6 Å². The van der Waals surface area contributed by atoms with Gasteiger partial charge in [-0.05, 0) is 47.2 Å². The average Bonchev–Trinajstić information content (AvgIpc) is 1.97. The van der Waals surface area contributed by atoms with Gasteiger partial charge in [0.2, 0.25) is 0 Å². The molecule has 0 atom stereocenters. The molecule has 0 fully saturated rings. The van der Waals surface area contributed by atoms with Crippen LogP contribution in [-0.2, 0) is 0 Å². The zero-order valence-electron chi connectivity index (χ0n) is 6.40. The van der Waals surface area contributed by atoms with Gasteiger partial charge < -0.3 is 5.73 Å². The number of halogens is 2. The number of nitrogens with two attached hydrogens (primary N) is 1. The number of carbonyl (C=O) groups is 1. The van der Waals surface area contributed by atoms with E-state index in [0.717, 1.165) is 9.13 Å². The second-order valence-electron chi connectivity index (χ2n) is 2.39. The molecule has 2 nitrogen and oxygen atoms in total. The molecule has 0 radical (unpaired) electrons. The molecule has 0 saturated heterocycles. The first-order chi connectivity index (χ1) is 5.54. The number of primary amides is 1. The van der Waals surface area contributed by atoms with Crippen LogP contribution in [-0.4, -0.2) is 5.91 Å². The first kappa shape index (κ1) is 9.80. The Morgan fingerprint density at radius 1 is 1.58 bits per heavy atom. The maximum Gasteiger partial charge on any atom is 0.250 e. The smallest absolute Gasteiger partial charge is 0.250 e. The molecule has 0 heterocycles. The van der Waals surface area contributed by atoms with Gasteiger partial charge in [-0.25, -0.2) is 0 Å². The predicted molar refractivity (Wildman–Crippen MR) is 57.4 cm³/mol. The van der Waals surface area contributed by atoms with Crippen LogP contribution in [0.4, 0.5) is 0 Å². The zero-order chi connectivity index (χ0) is 9.30. The van der Waals surface area contributed by atoms with Gasteiger partial charge >= 0.3 is 0 Å². The number of hydrogen-bond donors (Lipinski definition) is 1. The molecular weight excluding hydrogens is 288 g/mol. The highest BCUT2D eigenvalue weighted by Crippen LogP contribution is 2.23. The van der Waals surface area contributed by atoms with E-state index in [1.54, 1.807) is 6.07 Å². The molecule has 0 bridgehead atoms. The van der Waals surface area contributed by atoms with Crippen molar-refractivity contribution in [2.24, 2.45) is 5.73 Å². The maximum atomic E-state index is 10.9. The van der Waals surface area contributed by atoms with E-state index >= 15 is 0 Å². The van der Waals surface area contributed by atoms with E-state index in [1.165, 1.54) is 0 Å². The quantitative estimate of drug-likeness (QED) is 0.794. The maximum absolute atomic E-state index is 10.9. The second kappa shape index (κ2) is 3.62. The molecule has 0 aliphatic heterocycles. The first-order valence-electron chi connectivity index (χ1n) is 3.28. The summed E-state index contributed by atoms with van der Waals surface area (Å²) in [6, 6.07) is 3.53. The van der Waals surface area contributed by atoms with E-state index in [0.29, 0.717) is 10.6 Å². The molecule has 4 heteroatoms. The molecule has 0 saturated carbocycles. The van der Waals surface area contributed by atoms with E-state index < -0.39 is 5.91 Å². The summed E-state index contributed by atoms with van der Waals surface area (Å²) < 4.78 is 0.991. The molecule has 0 spiro atoms. The van der Waals surface area contributed by atoms with Gasteiger partial charge in [0.15, 0.2) is 0 Å². The lowest BCUT2D eigenvalue weighted by Crippen LogP contribution is -2.14. The van der Waals surface area contributed by atoms with Gasteiger partial charge in [0, 0.05) is 3.57 Å².